The summed E-state index contributed by atoms with van der Waals surface area (Å²) in [6, 6.07) is 8.79. The number of carboxylic acids is 1. The lowest BCUT2D eigenvalue weighted by Crippen LogP contribution is -2.41. The quantitative estimate of drug-likeness (QED) is 0.719. The Morgan fingerprint density at radius 1 is 1.24 bits per heavy atom. The number of amidine groups is 1. The highest BCUT2D eigenvalue weighted by Gasteiger charge is 2.43. The minimum Gasteiger partial charge on any atom is -0.478 e. The molecule has 2 aromatic rings. The standard InChI is InChI=1S/C17H17N3O3.C3H4N2O/c1-9(2)17(3)16(23)19-14(20-17)13-11(15(21)22)8-10-6-4-5-7-12(10)18-13;6-3-1-4-2-5-3/h4-9H,1-3H3,(H,21,22)(H,19,20,23);2H,1H2,(H,4,5,6). The minimum atomic E-state index is -1.10. The van der Waals surface area contributed by atoms with Crippen LogP contribution in [0, 0.1) is 5.92 Å². The van der Waals surface area contributed by atoms with Gasteiger partial charge in [-0.1, -0.05) is 32.0 Å². The summed E-state index contributed by atoms with van der Waals surface area (Å²) in [5, 5.41) is 15.5. The number of nitrogens with one attached hydrogen (secondary N) is 2. The fourth-order valence-corrected chi connectivity index (χ4v) is 2.80. The number of aromatic nitrogens is 1. The van der Waals surface area contributed by atoms with Crippen LogP contribution in [0.3, 0.4) is 0 Å². The maximum atomic E-state index is 12.3. The van der Waals surface area contributed by atoms with Crippen LogP contribution in [0.1, 0.15) is 36.8 Å². The number of benzene rings is 1. The molecule has 0 spiro atoms. The first-order valence-electron chi connectivity index (χ1n) is 9.06. The van der Waals surface area contributed by atoms with E-state index in [2.05, 4.69) is 25.6 Å². The van der Waals surface area contributed by atoms with E-state index in [9.17, 15) is 19.5 Å². The lowest BCUT2D eigenvalue weighted by molar-refractivity contribution is -0.124. The Hall–Kier alpha value is -3.62. The Balaban J connectivity index is 0.000000343. The molecule has 0 saturated heterocycles. The molecule has 1 aromatic carbocycles. The number of carboxylic acid groups (broad SMARTS) is 1. The number of aromatic carboxylic acids is 1. The van der Waals surface area contributed by atoms with Crippen molar-refractivity contribution in [3.63, 3.8) is 0 Å². The van der Waals surface area contributed by atoms with E-state index in [1.54, 1.807) is 25.1 Å². The summed E-state index contributed by atoms with van der Waals surface area (Å²) in [6.45, 7) is 5.91. The SMILES string of the molecule is CC(C)C1(C)N=C(c2nc3ccccc3cc2C(=O)O)NC1=O.O=C1CNC=N1. The molecular formula is C20H21N5O4. The Labute approximate surface area is 167 Å². The second-order valence-corrected chi connectivity index (χ2v) is 7.13. The molecule has 1 atom stereocenters. The van der Waals surface area contributed by atoms with Gasteiger partial charge in [-0.25, -0.2) is 19.8 Å². The van der Waals surface area contributed by atoms with Gasteiger partial charge in [0.25, 0.3) is 11.8 Å². The lowest BCUT2D eigenvalue weighted by Gasteiger charge is -2.21. The predicted molar refractivity (Wildman–Crippen MR) is 108 cm³/mol. The predicted octanol–water partition coefficient (Wildman–Crippen LogP) is 1.37. The average molecular weight is 395 g/mol. The monoisotopic (exact) mass is 395 g/mol. The largest absolute Gasteiger partial charge is 0.478 e. The van der Waals surface area contributed by atoms with Crippen molar-refractivity contribution >= 4 is 40.9 Å². The first-order chi connectivity index (χ1) is 13.7. The topological polar surface area (TPSA) is 133 Å². The Kier molecular flexibility index (Phi) is 5.40. The number of amides is 2. The molecule has 1 aromatic heterocycles. The number of hydrogen-bond acceptors (Lipinski definition) is 6. The maximum absolute atomic E-state index is 12.3. The molecule has 2 amide bonds. The second-order valence-electron chi connectivity index (χ2n) is 7.13. The van der Waals surface area contributed by atoms with Gasteiger partial charge in [0, 0.05) is 5.39 Å². The van der Waals surface area contributed by atoms with E-state index in [0.29, 0.717) is 12.1 Å². The van der Waals surface area contributed by atoms with Crippen molar-refractivity contribution in [3.05, 3.63) is 41.6 Å². The second kappa shape index (κ2) is 7.78. The molecule has 0 aliphatic carbocycles. The lowest BCUT2D eigenvalue weighted by atomic mass is 9.89. The minimum absolute atomic E-state index is 0.0197. The number of rotatable bonds is 3. The van der Waals surface area contributed by atoms with Gasteiger partial charge in [0.1, 0.15) is 11.2 Å². The van der Waals surface area contributed by atoms with Gasteiger partial charge in [-0.05, 0) is 25.0 Å². The van der Waals surface area contributed by atoms with Gasteiger partial charge in [-0.15, -0.1) is 0 Å². The highest BCUT2D eigenvalue weighted by atomic mass is 16.4. The maximum Gasteiger partial charge on any atom is 0.338 e. The third kappa shape index (κ3) is 3.98. The first kappa shape index (κ1) is 20.1. The van der Waals surface area contributed by atoms with E-state index in [1.165, 1.54) is 6.34 Å². The third-order valence-corrected chi connectivity index (χ3v) is 4.89. The number of nitrogens with zero attached hydrogens (tertiary/aromatic N) is 3. The average Bonchev–Trinajstić information content (AvgIpc) is 3.28. The summed E-state index contributed by atoms with van der Waals surface area (Å²) >= 11 is 0. The molecular weight excluding hydrogens is 374 g/mol. The number of pyridine rings is 1. The van der Waals surface area contributed by atoms with Crippen LogP contribution in [0.25, 0.3) is 10.9 Å². The van der Waals surface area contributed by atoms with Crippen LogP contribution in [0.15, 0.2) is 40.3 Å². The summed E-state index contributed by atoms with van der Waals surface area (Å²) < 4.78 is 0. The molecule has 29 heavy (non-hydrogen) atoms. The van der Waals surface area contributed by atoms with Crippen molar-refractivity contribution < 1.29 is 19.5 Å². The summed E-state index contributed by atoms with van der Waals surface area (Å²) in [4.78, 5) is 46.1. The summed E-state index contributed by atoms with van der Waals surface area (Å²) in [6.07, 6.45) is 1.41. The van der Waals surface area contributed by atoms with Gasteiger partial charge < -0.3 is 15.7 Å². The summed E-state index contributed by atoms with van der Waals surface area (Å²) in [5.41, 5.74) is -0.0504. The van der Waals surface area contributed by atoms with E-state index in [1.807, 2.05) is 26.0 Å². The molecule has 150 valence electrons. The van der Waals surface area contributed by atoms with Crippen molar-refractivity contribution in [2.45, 2.75) is 26.3 Å². The van der Waals surface area contributed by atoms with Crippen LogP contribution >= 0.6 is 0 Å². The van der Waals surface area contributed by atoms with E-state index < -0.39 is 11.5 Å². The van der Waals surface area contributed by atoms with E-state index in [0.717, 1.165) is 5.39 Å². The Bertz CT molecular complexity index is 1060. The number of aliphatic imine (C=N–C) groups is 2. The van der Waals surface area contributed by atoms with Crippen LogP contribution in [-0.2, 0) is 9.59 Å². The zero-order valence-electron chi connectivity index (χ0n) is 16.3. The molecule has 4 rings (SSSR count). The van der Waals surface area contributed by atoms with E-state index in [4.69, 9.17) is 0 Å². The molecule has 3 heterocycles. The molecule has 2 aliphatic rings. The third-order valence-electron chi connectivity index (χ3n) is 4.89. The number of para-hydroxylation sites is 1. The normalized spacial score (nSPS) is 20.2. The molecule has 9 nitrogen and oxygen atoms in total. The highest BCUT2D eigenvalue weighted by molar-refractivity contribution is 6.18. The van der Waals surface area contributed by atoms with Crippen molar-refractivity contribution in [1.82, 2.24) is 15.6 Å². The molecule has 0 fully saturated rings. The highest BCUT2D eigenvalue weighted by Crippen LogP contribution is 2.28. The van der Waals surface area contributed by atoms with E-state index >= 15 is 0 Å². The van der Waals surface area contributed by atoms with Crippen LogP contribution in [0.4, 0.5) is 0 Å². The molecule has 2 aliphatic heterocycles. The van der Waals surface area contributed by atoms with Gasteiger partial charge in [0.05, 0.1) is 24.0 Å². The molecule has 0 bridgehead atoms. The van der Waals surface area contributed by atoms with Gasteiger partial charge >= 0.3 is 5.97 Å². The first-order valence-corrected chi connectivity index (χ1v) is 9.06. The molecule has 0 radical (unpaired) electrons. The van der Waals surface area contributed by atoms with Crippen LogP contribution in [0.5, 0.6) is 0 Å². The zero-order chi connectivity index (χ0) is 21.2. The zero-order valence-corrected chi connectivity index (χ0v) is 16.3. The smallest absolute Gasteiger partial charge is 0.338 e. The van der Waals surface area contributed by atoms with Crippen LogP contribution < -0.4 is 10.6 Å². The summed E-state index contributed by atoms with van der Waals surface area (Å²) in [7, 11) is 0. The van der Waals surface area contributed by atoms with Gasteiger partial charge in [-0.3, -0.25) is 9.59 Å². The van der Waals surface area contributed by atoms with Gasteiger partial charge in [-0.2, -0.15) is 0 Å². The van der Waals surface area contributed by atoms with Crippen molar-refractivity contribution in [2.24, 2.45) is 15.9 Å². The fraction of sp³-hybridized carbons (Fsp3) is 0.300. The van der Waals surface area contributed by atoms with E-state index in [-0.39, 0.29) is 34.8 Å². The van der Waals surface area contributed by atoms with Crippen molar-refractivity contribution in [1.29, 1.82) is 0 Å². The molecule has 9 heteroatoms. The van der Waals surface area contributed by atoms with Crippen molar-refractivity contribution in [2.75, 3.05) is 6.54 Å². The number of fused-ring (bicyclic) bond motifs is 1. The Morgan fingerprint density at radius 2 is 1.97 bits per heavy atom. The summed E-state index contributed by atoms with van der Waals surface area (Å²) in [5.74, 6) is -1.24. The number of carbonyl (C=O) groups is 3. The van der Waals surface area contributed by atoms with Crippen LogP contribution in [-0.4, -0.2) is 52.1 Å². The molecule has 3 N–H and O–H groups in total. The Morgan fingerprint density at radius 3 is 2.48 bits per heavy atom. The van der Waals surface area contributed by atoms with Crippen molar-refractivity contribution in [3.8, 4) is 0 Å². The van der Waals surface area contributed by atoms with Crippen LogP contribution in [0.2, 0.25) is 0 Å². The van der Waals surface area contributed by atoms with Gasteiger partial charge in [0.15, 0.2) is 5.84 Å². The fourth-order valence-electron chi connectivity index (χ4n) is 2.80. The number of hydrogen-bond donors (Lipinski definition) is 3. The number of carbonyl (C=O) groups excluding carboxylic acids is 2. The molecule has 0 saturated carbocycles. The van der Waals surface area contributed by atoms with Gasteiger partial charge in [0.2, 0.25) is 0 Å². The molecule has 1 unspecified atom stereocenters.